The first-order valence-corrected chi connectivity index (χ1v) is 8.47. The minimum Gasteiger partial charge on any atom is -0.497 e. The average molecular weight is 363 g/mol. The quantitative estimate of drug-likeness (QED) is 0.498. The third kappa shape index (κ3) is 4.55. The van der Waals surface area contributed by atoms with Gasteiger partial charge in [-0.3, -0.25) is 4.79 Å². The highest BCUT2D eigenvalue weighted by molar-refractivity contribution is 6.02. The maximum Gasteiger partial charge on any atom is 0.259 e. The van der Waals surface area contributed by atoms with Crippen LogP contribution in [0.5, 0.6) is 11.5 Å². The van der Waals surface area contributed by atoms with Crippen LogP contribution in [-0.2, 0) is 4.79 Å². The molecule has 0 aliphatic rings. The lowest BCUT2D eigenvalue weighted by Crippen LogP contribution is -2.25. The smallest absolute Gasteiger partial charge is 0.259 e. The van der Waals surface area contributed by atoms with E-state index in [1.165, 1.54) is 0 Å². The summed E-state index contributed by atoms with van der Waals surface area (Å²) >= 11 is 0. The Labute approximate surface area is 157 Å². The fourth-order valence-corrected chi connectivity index (χ4v) is 2.69. The average Bonchev–Trinajstić information content (AvgIpc) is 2.72. The van der Waals surface area contributed by atoms with E-state index in [0.717, 1.165) is 33.5 Å². The van der Waals surface area contributed by atoms with Crippen LogP contribution in [0.3, 0.4) is 0 Å². The minimum absolute atomic E-state index is 0.118. The first-order chi connectivity index (χ1) is 13.2. The molecule has 0 aliphatic heterocycles. The summed E-state index contributed by atoms with van der Waals surface area (Å²) in [6.07, 6.45) is 1.63. The molecule has 27 heavy (non-hydrogen) atoms. The van der Waals surface area contributed by atoms with Gasteiger partial charge in [0, 0.05) is 16.6 Å². The zero-order valence-corrected chi connectivity index (χ0v) is 15.2. The molecule has 2 N–H and O–H groups in total. The number of hydrogen-bond acceptors (Lipinski definition) is 5. The number of hydrogen-bond donors (Lipinski definition) is 2. The Kier molecular flexibility index (Phi) is 5.89. The third-order valence-corrected chi connectivity index (χ3v) is 4.07. The summed E-state index contributed by atoms with van der Waals surface area (Å²) in [5.41, 5.74) is 4.26. The molecule has 0 bridgehead atoms. The van der Waals surface area contributed by atoms with E-state index in [0.29, 0.717) is 0 Å². The van der Waals surface area contributed by atoms with E-state index >= 15 is 0 Å². The summed E-state index contributed by atoms with van der Waals surface area (Å²) < 4.78 is 10.5. The number of nitrogens with one attached hydrogen (secondary N) is 2. The van der Waals surface area contributed by atoms with Gasteiger partial charge in [-0.15, -0.1) is 0 Å². The molecule has 0 radical (unpaired) electrons. The lowest BCUT2D eigenvalue weighted by atomic mass is 10.0. The Morgan fingerprint density at radius 1 is 0.963 bits per heavy atom. The summed E-state index contributed by atoms with van der Waals surface area (Å²) in [6, 6.07) is 19.0. The second-order valence-corrected chi connectivity index (χ2v) is 5.78. The highest BCUT2D eigenvalue weighted by Gasteiger charge is 2.05. The highest BCUT2D eigenvalue weighted by Crippen LogP contribution is 2.27. The molecule has 3 aromatic carbocycles. The Hall–Kier alpha value is -3.54. The van der Waals surface area contributed by atoms with Crippen LogP contribution in [0, 0.1) is 0 Å². The van der Waals surface area contributed by atoms with E-state index in [4.69, 9.17) is 9.47 Å². The molecule has 0 saturated carbocycles. The molecule has 138 valence electrons. The molecule has 3 aromatic rings. The fraction of sp³-hybridized carbons (Fsp3) is 0.143. The number of carbonyl (C=O) groups is 1. The number of ether oxygens (including phenoxy) is 2. The number of amides is 1. The topological polar surface area (TPSA) is 72.0 Å². The van der Waals surface area contributed by atoms with E-state index in [1.54, 1.807) is 20.4 Å². The predicted octanol–water partition coefficient (Wildman–Crippen LogP) is 3.42. The van der Waals surface area contributed by atoms with Gasteiger partial charge in [0.15, 0.2) is 0 Å². The van der Waals surface area contributed by atoms with Crippen LogP contribution < -0.4 is 20.2 Å². The molecule has 0 heterocycles. The van der Waals surface area contributed by atoms with Gasteiger partial charge in [0.1, 0.15) is 11.5 Å². The second-order valence-electron chi connectivity index (χ2n) is 5.78. The van der Waals surface area contributed by atoms with Crippen LogP contribution in [0.4, 0.5) is 5.69 Å². The summed E-state index contributed by atoms with van der Waals surface area (Å²) in [4.78, 5) is 12.0. The van der Waals surface area contributed by atoms with Gasteiger partial charge in [-0.1, -0.05) is 24.3 Å². The summed E-state index contributed by atoms with van der Waals surface area (Å²) in [6.45, 7) is 0.118. The fourth-order valence-electron chi connectivity index (χ4n) is 2.69. The summed E-state index contributed by atoms with van der Waals surface area (Å²) in [5, 5.41) is 9.10. The SMILES string of the molecule is COc1ccc(NCC(=O)N/N=C\c2ccc(OC)c3ccccc23)cc1. The maximum atomic E-state index is 12.0. The Morgan fingerprint density at radius 2 is 1.70 bits per heavy atom. The Morgan fingerprint density at radius 3 is 2.41 bits per heavy atom. The van der Waals surface area contributed by atoms with Crippen molar-refractivity contribution in [2.45, 2.75) is 0 Å². The van der Waals surface area contributed by atoms with Crippen molar-refractivity contribution in [3.63, 3.8) is 0 Å². The van der Waals surface area contributed by atoms with E-state index in [-0.39, 0.29) is 12.5 Å². The summed E-state index contributed by atoms with van der Waals surface area (Å²) in [7, 11) is 3.26. The van der Waals surface area contributed by atoms with Crippen molar-refractivity contribution in [2.24, 2.45) is 5.10 Å². The second kappa shape index (κ2) is 8.71. The van der Waals surface area contributed by atoms with Crippen LogP contribution in [0.25, 0.3) is 10.8 Å². The number of benzene rings is 3. The number of anilines is 1. The monoisotopic (exact) mass is 363 g/mol. The van der Waals surface area contributed by atoms with Gasteiger partial charge in [0.05, 0.1) is 27.0 Å². The molecule has 0 saturated heterocycles. The first kappa shape index (κ1) is 18.3. The van der Waals surface area contributed by atoms with Crippen molar-refractivity contribution in [3.05, 3.63) is 66.2 Å². The minimum atomic E-state index is -0.236. The number of nitrogens with zero attached hydrogens (tertiary/aromatic N) is 1. The zero-order valence-electron chi connectivity index (χ0n) is 15.2. The third-order valence-electron chi connectivity index (χ3n) is 4.07. The normalized spacial score (nSPS) is 10.7. The molecule has 6 nitrogen and oxygen atoms in total. The van der Waals surface area contributed by atoms with Crippen molar-refractivity contribution in [3.8, 4) is 11.5 Å². The van der Waals surface area contributed by atoms with Crippen molar-refractivity contribution in [2.75, 3.05) is 26.1 Å². The van der Waals surface area contributed by atoms with Crippen molar-refractivity contribution in [1.29, 1.82) is 0 Å². The number of rotatable bonds is 7. The molecule has 6 heteroatoms. The van der Waals surface area contributed by atoms with E-state index in [1.807, 2.05) is 60.7 Å². The van der Waals surface area contributed by atoms with Crippen LogP contribution in [0.15, 0.2) is 65.8 Å². The summed E-state index contributed by atoms with van der Waals surface area (Å²) in [5.74, 6) is 1.33. The van der Waals surface area contributed by atoms with E-state index < -0.39 is 0 Å². The van der Waals surface area contributed by atoms with Gasteiger partial charge >= 0.3 is 0 Å². The van der Waals surface area contributed by atoms with Crippen LogP contribution >= 0.6 is 0 Å². The molecule has 3 rings (SSSR count). The van der Waals surface area contributed by atoms with Crippen LogP contribution in [-0.4, -0.2) is 32.9 Å². The molecule has 1 amide bonds. The lowest BCUT2D eigenvalue weighted by Gasteiger charge is -2.08. The van der Waals surface area contributed by atoms with Gasteiger partial charge < -0.3 is 14.8 Å². The molecule has 0 spiro atoms. The van der Waals surface area contributed by atoms with E-state index in [2.05, 4.69) is 15.8 Å². The van der Waals surface area contributed by atoms with Gasteiger partial charge in [-0.2, -0.15) is 5.10 Å². The highest BCUT2D eigenvalue weighted by atomic mass is 16.5. The molecule has 0 atom stereocenters. The van der Waals surface area contributed by atoms with Gasteiger partial charge in [-0.05, 0) is 41.8 Å². The zero-order chi connectivity index (χ0) is 19.1. The largest absolute Gasteiger partial charge is 0.497 e. The van der Waals surface area contributed by atoms with E-state index in [9.17, 15) is 4.79 Å². The molecule has 0 unspecified atom stereocenters. The molecular formula is C21H21N3O3. The van der Waals surface area contributed by atoms with Gasteiger partial charge in [0.25, 0.3) is 5.91 Å². The lowest BCUT2D eigenvalue weighted by molar-refractivity contribution is -0.119. The number of fused-ring (bicyclic) bond motifs is 1. The number of carbonyl (C=O) groups excluding carboxylic acids is 1. The molecule has 0 fully saturated rings. The predicted molar refractivity (Wildman–Crippen MR) is 108 cm³/mol. The molecular weight excluding hydrogens is 342 g/mol. The Balaban J connectivity index is 1.60. The van der Waals surface area contributed by atoms with Crippen molar-refractivity contribution >= 4 is 28.6 Å². The maximum absolute atomic E-state index is 12.0. The molecule has 0 aromatic heterocycles. The number of hydrazone groups is 1. The van der Waals surface area contributed by atoms with Gasteiger partial charge in [-0.25, -0.2) is 5.43 Å². The molecule has 0 aliphatic carbocycles. The number of methoxy groups -OCH3 is 2. The van der Waals surface area contributed by atoms with Crippen LogP contribution in [0.2, 0.25) is 0 Å². The van der Waals surface area contributed by atoms with Crippen LogP contribution in [0.1, 0.15) is 5.56 Å². The first-order valence-electron chi connectivity index (χ1n) is 8.47. The van der Waals surface area contributed by atoms with Crippen molar-refractivity contribution < 1.29 is 14.3 Å². The Bertz CT molecular complexity index is 953. The van der Waals surface area contributed by atoms with Gasteiger partial charge in [0.2, 0.25) is 0 Å². The standard InChI is InChI=1S/C21H21N3O3/c1-26-17-10-8-16(9-11-17)22-14-21(25)24-23-13-15-7-12-20(27-2)19-6-4-3-5-18(15)19/h3-13,22H,14H2,1-2H3,(H,24,25)/b23-13-. The van der Waals surface area contributed by atoms with Crippen molar-refractivity contribution in [1.82, 2.24) is 5.43 Å².